The van der Waals surface area contributed by atoms with Gasteiger partial charge in [-0.1, -0.05) is 6.58 Å². The molecule has 0 rings (SSSR count). The molecule has 0 fully saturated rings. The number of rotatable bonds is 4. The molecule has 0 heterocycles. The van der Waals surface area contributed by atoms with Crippen molar-refractivity contribution in [3.8, 4) is 0 Å². The standard InChI is InChI=1S/C5H10N2O2/c1-2-5(8)9-4-3-7-6/h2,7H,1,3-4,6H2. The van der Waals surface area contributed by atoms with E-state index in [0.29, 0.717) is 6.54 Å². The summed E-state index contributed by atoms with van der Waals surface area (Å²) in [5, 5.41) is 0. The van der Waals surface area contributed by atoms with Gasteiger partial charge in [0.1, 0.15) is 6.61 Å². The maximum Gasteiger partial charge on any atom is 0.330 e. The third-order valence-electron chi connectivity index (χ3n) is 0.657. The predicted octanol–water partition coefficient (Wildman–Crippen LogP) is -0.821. The Bertz CT molecular complexity index is 103. The van der Waals surface area contributed by atoms with Crippen LogP contribution in [0.1, 0.15) is 0 Å². The highest BCUT2D eigenvalue weighted by molar-refractivity contribution is 5.81. The van der Waals surface area contributed by atoms with Crippen LogP contribution in [0.4, 0.5) is 0 Å². The van der Waals surface area contributed by atoms with Crippen LogP contribution in [-0.4, -0.2) is 19.1 Å². The molecule has 0 aromatic carbocycles. The van der Waals surface area contributed by atoms with Crippen LogP contribution in [0.5, 0.6) is 0 Å². The highest BCUT2D eigenvalue weighted by Gasteiger charge is 1.91. The zero-order valence-electron chi connectivity index (χ0n) is 5.09. The van der Waals surface area contributed by atoms with Crippen LogP contribution in [0.15, 0.2) is 12.7 Å². The van der Waals surface area contributed by atoms with E-state index in [9.17, 15) is 4.79 Å². The van der Waals surface area contributed by atoms with Gasteiger partial charge in [-0.3, -0.25) is 11.3 Å². The van der Waals surface area contributed by atoms with Gasteiger partial charge in [-0.2, -0.15) is 0 Å². The van der Waals surface area contributed by atoms with E-state index in [1.54, 1.807) is 0 Å². The van der Waals surface area contributed by atoms with Crippen LogP contribution in [0.25, 0.3) is 0 Å². The molecular weight excluding hydrogens is 120 g/mol. The molecule has 0 unspecified atom stereocenters. The Kier molecular flexibility index (Phi) is 4.76. The first-order valence-corrected chi connectivity index (χ1v) is 2.54. The van der Waals surface area contributed by atoms with Gasteiger partial charge in [-0.25, -0.2) is 4.79 Å². The van der Waals surface area contributed by atoms with Crippen LogP contribution >= 0.6 is 0 Å². The summed E-state index contributed by atoms with van der Waals surface area (Å²) in [6.07, 6.45) is 1.11. The molecule has 3 N–H and O–H groups in total. The molecule has 0 amide bonds. The summed E-state index contributed by atoms with van der Waals surface area (Å²) in [4.78, 5) is 10.3. The Hall–Kier alpha value is -0.870. The van der Waals surface area contributed by atoms with Gasteiger partial charge in [0, 0.05) is 12.6 Å². The number of nitrogens with one attached hydrogen (secondary N) is 1. The smallest absolute Gasteiger partial charge is 0.330 e. The van der Waals surface area contributed by atoms with E-state index in [1.165, 1.54) is 0 Å². The average molecular weight is 130 g/mol. The van der Waals surface area contributed by atoms with Crippen molar-refractivity contribution in [3.63, 3.8) is 0 Å². The van der Waals surface area contributed by atoms with Gasteiger partial charge in [-0.15, -0.1) is 0 Å². The molecular formula is C5H10N2O2. The molecule has 0 aromatic rings. The minimum atomic E-state index is -0.426. The number of nitrogens with two attached hydrogens (primary N) is 1. The molecule has 0 spiro atoms. The van der Waals surface area contributed by atoms with Crippen molar-refractivity contribution in [1.82, 2.24) is 5.43 Å². The maximum absolute atomic E-state index is 10.3. The summed E-state index contributed by atoms with van der Waals surface area (Å²) < 4.78 is 4.53. The number of carbonyl (C=O) groups is 1. The number of carbonyl (C=O) groups excluding carboxylic acids is 1. The minimum absolute atomic E-state index is 0.279. The van der Waals surface area contributed by atoms with Crippen molar-refractivity contribution in [3.05, 3.63) is 12.7 Å². The van der Waals surface area contributed by atoms with Crippen LogP contribution in [-0.2, 0) is 9.53 Å². The van der Waals surface area contributed by atoms with E-state index >= 15 is 0 Å². The average Bonchev–Trinajstić information content (AvgIpc) is 1.89. The molecule has 0 aliphatic rings. The largest absolute Gasteiger partial charge is 0.461 e. The highest BCUT2D eigenvalue weighted by Crippen LogP contribution is 1.75. The van der Waals surface area contributed by atoms with Gasteiger partial charge in [0.2, 0.25) is 0 Å². The van der Waals surface area contributed by atoms with E-state index in [2.05, 4.69) is 16.7 Å². The number of ether oxygens (including phenoxy) is 1. The van der Waals surface area contributed by atoms with Crippen molar-refractivity contribution >= 4 is 5.97 Å². The molecule has 52 valence electrons. The van der Waals surface area contributed by atoms with Gasteiger partial charge < -0.3 is 4.74 Å². The maximum atomic E-state index is 10.3. The molecule has 0 saturated heterocycles. The zero-order chi connectivity index (χ0) is 7.11. The molecule has 0 radical (unpaired) electrons. The van der Waals surface area contributed by atoms with Crippen LogP contribution in [0.2, 0.25) is 0 Å². The van der Waals surface area contributed by atoms with Crippen molar-refractivity contribution in [2.24, 2.45) is 5.84 Å². The minimum Gasteiger partial charge on any atom is -0.461 e. The Morgan fingerprint density at radius 1 is 1.89 bits per heavy atom. The third kappa shape index (κ3) is 4.99. The fraction of sp³-hybridized carbons (Fsp3) is 0.400. The fourth-order valence-electron chi connectivity index (χ4n) is 0.269. The molecule has 0 aliphatic carbocycles. The lowest BCUT2D eigenvalue weighted by Crippen LogP contribution is -2.26. The zero-order valence-corrected chi connectivity index (χ0v) is 5.09. The number of hydrogen-bond donors (Lipinski definition) is 2. The molecule has 0 aliphatic heterocycles. The van der Waals surface area contributed by atoms with Gasteiger partial charge in [0.15, 0.2) is 0 Å². The van der Waals surface area contributed by atoms with E-state index in [4.69, 9.17) is 5.84 Å². The van der Waals surface area contributed by atoms with Crippen LogP contribution < -0.4 is 11.3 Å². The SMILES string of the molecule is C=CC(=O)OCCNN. The normalized spacial score (nSPS) is 8.56. The highest BCUT2D eigenvalue weighted by atomic mass is 16.5. The second-order valence-electron chi connectivity index (χ2n) is 1.33. The first-order valence-electron chi connectivity index (χ1n) is 2.54. The van der Waals surface area contributed by atoms with E-state index in [-0.39, 0.29) is 6.61 Å². The summed E-state index contributed by atoms with van der Waals surface area (Å²) in [5.41, 5.74) is 2.34. The molecule has 4 heteroatoms. The second kappa shape index (κ2) is 5.27. The fourth-order valence-corrected chi connectivity index (χ4v) is 0.269. The Balaban J connectivity index is 3.07. The van der Waals surface area contributed by atoms with Crippen molar-refractivity contribution in [2.75, 3.05) is 13.2 Å². The van der Waals surface area contributed by atoms with Crippen molar-refractivity contribution in [2.45, 2.75) is 0 Å². The second-order valence-corrected chi connectivity index (χ2v) is 1.33. The summed E-state index contributed by atoms with van der Waals surface area (Å²) >= 11 is 0. The van der Waals surface area contributed by atoms with Gasteiger partial charge in [0.05, 0.1) is 0 Å². The van der Waals surface area contributed by atoms with E-state index in [1.807, 2.05) is 0 Å². The summed E-state index contributed by atoms with van der Waals surface area (Å²) in [5.74, 6) is 4.46. The van der Waals surface area contributed by atoms with Crippen LogP contribution in [0.3, 0.4) is 0 Å². The molecule has 4 nitrogen and oxygen atoms in total. The molecule has 0 atom stereocenters. The predicted molar refractivity (Wildman–Crippen MR) is 33.3 cm³/mol. The summed E-state index contributed by atoms with van der Waals surface area (Å²) in [6.45, 7) is 3.95. The van der Waals surface area contributed by atoms with E-state index in [0.717, 1.165) is 6.08 Å². The summed E-state index contributed by atoms with van der Waals surface area (Å²) in [6, 6.07) is 0. The van der Waals surface area contributed by atoms with Crippen LogP contribution in [0, 0.1) is 0 Å². The first kappa shape index (κ1) is 8.13. The number of hydrazine groups is 1. The molecule has 0 saturated carbocycles. The molecule has 0 bridgehead atoms. The lowest BCUT2D eigenvalue weighted by Gasteiger charge is -1.98. The Labute approximate surface area is 53.6 Å². The first-order chi connectivity index (χ1) is 4.31. The number of esters is 1. The topological polar surface area (TPSA) is 64.3 Å². The lowest BCUT2D eigenvalue weighted by molar-refractivity contribution is -0.137. The number of hydrogen-bond acceptors (Lipinski definition) is 4. The Morgan fingerprint density at radius 2 is 2.56 bits per heavy atom. The van der Waals surface area contributed by atoms with Crippen molar-refractivity contribution in [1.29, 1.82) is 0 Å². The summed E-state index contributed by atoms with van der Waals surface area (Å²) in [7, 11) is 0. The third-order valence-corrected chi connectivity index (χ3v) is 0.657. The van der Waals surface area contributed by atoms with Gasteiger partial charge >= 0.3 is 5.97 Å². The Morgan fingerprint density at radius 3 is 3.00 bits per heavy atom. The quantitative estimate of drug-likeness (QED) is 0.171. The van der Waals surface area contributed by atoms with Gasteiger partial charge in [0.25, 0.3) is 0 Å². The van der Waals surface area contributed by atoms with Gasteiger partial charge in [-0.05, 0) is 0 Å². The monoisotopic (exact) mass is 130 g/mol. The molecule has 9 heavy (non-hydrogen) atoms. The lowest BCUT2D eigenvalue weighted by atomic mass is 10.6. The van der Waals surface area contributed by atoms with E-state index < -0.39 is 5.97 Å². The molecule has 0 aromatic heterocycles. The van der Waals surface area contributed by atoms with Crippen molar-refractivity contribution < 1.29 is 9.53 Å².